The lowest BCUT2D eigenvalue weighted by Crippen LogP contribution is -2.68. The first-order valence-electron chi connectivity index (χ1n) is 24.2. The van der Waals surface area contributed by atoms with Crippen LogP contribution in [0.5, 0.6) is 5.75 Å². The van der Waals surface area contributed by atoms with E-state index in [0.29, 0.717) is 44.0 Å². The van der Waals surface area contributed by atoms with Gasteiger partial charge in [-0.3, -0.25) is 0 Å². The van der Waals surface area contributed by atoms with E-state index in [1.807, 2.05) is 21.6 Å². The number of nitriles is 1. The number of halogens is 9. The summed E-state index contributed by atoms with van der Waals surface area (Å²) in [6.07, 6.45) is -10.6. The van der Waals surface area contributed by atoms with E-state index in [1.54, 1.807) is 0 Å². The van der Waals surface area contributed by atoms with Gasteiger partial charge in [-0.05, 0) is 139 Å². The highest BCUT2D eigenvalue weighted by Crippen LogP contribution is 2.62. The molecule has 5 unspecified atom stereocenters. The van der Waals surface area contributed by atoms with Crippen LogP contribution < -0.4 is 4.74 Å². The number of hydrogen-bond acceptors (Lipinski definition) is 11. The maximum absolute atomic E-state index is 13.2. The molecule has 1 aromatic rings. The number of rotatable bonds is 30. The Morgan fingerprint density at radius 1 is 0.956 bits per heavy atom. The molecule has 0 heterocycles. The average molecular weight is 1040 g/mol. The molecule has 0 bridgehead atoms. The summed E-state index contributed by atoms with van der Waals surface area (Å²) in [5, 5.41) is 13.7. The van der Waals surface area contributed by atoms with Crippen LogP contribution in [0.15, 0.2) is 18.2 Å². The predicted molar refractivity (Wildman–Crippen MR) is 250 cm³/mol. The van der Waals surface area contributed by atoms with Gasteiger partial charge in [-0.15, -0.1) is 0 Å². The fraction of sp³-hybridized carbons (Fsp3) is 0.851. The van der Waals surface area contributed by atoms with Gasteiger partial charge in [-0.2, -0.15) is 44.8 Å². The first kappa shape index (κ1) is 57.6. The zero-order valence-corrected chi connectivity index (χ0v) is 43.0. The number of hydrogen-bond donors (Lipinski definition) is 1. The third-order valence-electron chi connectivity index (χ3n) is 13.9. The van der Waals surface area contributed by atoms with E-state index in [1.165, 1.54) is 23.1 Å². The SMILES string of the molecule is [2H]OCC(CCCCSSC(C)(C)CCOc1ccc2c(c1)CCC1C2CC[C@@]2(C)C1CC[C@@H]2OCCN(C)CCOC(C(F)(F)F)(C(F)(F)F)C(F)(F)F)COP(OCCC#N)N(CC)C(C)C. The van der Waals surface area contributed by atoms with Crippen molar-refractivity contribution in [3.05, 3.63) is 29.3 Å². The molecule has 0 saturated heterocycles. The zero-order valence-electron chi connectivity index (χ0n) is 41.5. The van der Waals surface area contributed by atoms with Gasteiger partial charge in [0.2, 0.25) is 1.43 Å². The Hall–Kier alpha value is -1.27. The van der Waals surface area contributed by atoms with Crippen LogP contribution in [0.2, 0.25) is 0 Å². The summed E-state index contributed by atoms with van der Waals surface area (Å²) in [4.78, 5) is 1.30. The number of benzene rings is 1. The lowest BCUT2D eigenvalue weighted by atomic mass is 9.55. The molecule has 392 valence electrons. The smallest absolute Gasteiger partial charge is 0.435 e. The molecule has 1 N–H and O–H groups in total. The molecule has 7 atom stereocenters. The third-order valence-corrected chi connectivity index (χ3v) is 19.3. The van der Waals surface area contributed by atoms with Crippen molar-refractivity contribution in [3.63, 3.8) is 0 Å². The Morgan fingerprint density at radius 2 is 1.66 bits per heavy atom. The van der Waals surface area contributed by atoms with Crippen molar-refractivity contribution in [2.75, 3.05) is 72.1 Å². The molecule has 0 amide bonds. The lowest BCUT2D eigenvalue weighted by Gasteiger charge is -2.50. The Kier molecular flexibility index (Phi) is 22.1. The van der Waals surface area contributed by atoms with Crippen LogP contribution in [0.1, 0.15) is 123 Å². The van der Waals surface area contributed by atoms with Gasteiger partial charge in [-0.1, -0.05) is 47.9 Å². The topological polar surface area (TPSA) is 96.6 Å². The molecule has 2 saturated carbocycles. The van der Waals surface area contributed by atoms with E-state index in [4.69, 9.17) is 30.3 Å². The predicted octanol–water partition coefficient (Wildman–Crippen LogP) is 12.9. The highest BCUT2D eigenvalue weighted by Gasteiger charge is 2.85. The van der Waals surface area contributed by atoms with Crippen molar-refractivity contribution in [2.24, 2.45) is 23.2 Å². The summed E-state index contributed by atoms with van der Waals surface area (Å²) >= 11 is 0. The largest absolute Gasteiger partial charge is 0.494 e. The lowest BCUT2D eigenvalue weighted by molar-refractivity contribution is -0.457. The quantitative estimate of drug-likeness (QED) is 0.0345. The zero-order chi connectivity index (χ0) is 51.3. The maximum atomic E-state index is 13.2. The minimum atomic E-state index is -6.75. The molecule has 1 aromatic carbocycles. The van der Waals surface area contributed by atoms with E-state index < -0.39 is 45.8 Å². The van der Waals surface area contributed by atoms with E-state index >= 15 is 0 Å². The minimum absolute atomic E-state index is 0.00130. The molecule has 21 heteroatoms. The Bertz CT molecular complexity index is 1710. The van der Waals surface area contributed by atoms with Gasteiger partial charge in [0.05, 0.1) is 51.6 Å². The van der Waals surface area contributed by atoms with Crippen molar-refractivity contribution >= 4 is 30.1 Å². The third kappa shape index (κ3) is 15.4. The first-order valence-corrected chi connectivity index (χ1v) is 27.3. The van der Waals surface area contributed by atoms with Gasteiger partial charge in [0.25, 0.3) is 8.53 Å². The number of unbranched alkanes of at least 4 members (excludes halogenated alkanes) is 1. The Labute approximate surface area is 408 Å². The second kappa shape index (κ2) is 26.1. The molecule has 9 nitrogen and oxygen atoms in total. The summed E-state index contributed by atoms with van der Waals surface area (Å²) in [5.41, 5.74) is -3.69. The van der Waals surface area contributed by atoms with Gasteiger partial charge in [-0.25, -0.2) is 4.67 Å². The maximum Gasteiger partial charge on any atom is 0.435 e. The van der Waals surface area contributed by atoms with Crippen LogP contribution in [-0.2, 0) is 24.9 Å². The molecule has 3 aliphatic rings. The van der Waals surface area contributed by atoms with Gasteiger partial charge in [0.15, 0.2) is 0 Å². The number of ether oxygens (including phenoxy) is 3. The molecule has 68 heavy (non-hydrogen) atoms. The average Bonchev–Trinajstić information content (AvgIpc) is 3.59. The number of fused-ring (bicyclic) bond motifs is 5. The molecule has 0 spiro atoms. The molecular formula is C47H73F9N3O6PS2. The number of aliphatic hydroxyl groups excluding tert-OH is 1. The molecule has 4 rings (SSSR count). The molecular weight excluding hydrogens is 969 g/mol. The van der Waals surface area contributed by atoms with Crippen LogP contribution in [-0.4, -0.2) is 129 Å². The van der Waals surface area contributed by atoms with Crippen LogP contribution in [0, 0.1) is 34.5 Å². The van der Waals surface area contributed by atoms with Crippen LogP contribution in [0.3, 0.4) is 0 Å². The highest BCUT2D eigenvalue weighted by molar-refractivity contribution is 8.77. The minimum Gasteiger partial charge on any atom is -0.494 e. The van der Waals surface area contributed by atoms with Crippen molar-refractivity contribution in [1.82, 2.24) is 9.57 Å². The number of likely N-dealkylation sites (N-methyl/N-ethyl adjacent to an activating group) is 1. The molecule has 2 fully saturated rings. The molecule has 0 aromatic heterocycles. The van der Waals surface area contributed by atoms with Gasteiger partial charge in [0, 0.05) is 48.7 Å². The van der Waals surface area contributed by atoms with Crippen molar-refractivity contribution < 1.29 is 67.9 Å². The first-order chi connectivity index (χ1) is 32.4. The normalized spacial score (nSPS) is 23.6. The van der Waals surface area contributed by atoms with Crippen molar-refractivity contribution in [1.29, 1.82) is 6.69 Å². The molecule has 0 radical (unpaired) electrons. The number of nitrogens with zero attached hydrogens (tertiary/aromatic N) is 3. The van der Waals surface area contributed by atoms with E-state index in [0.717, 1.165) is 82.3 Å². The van der Waals surface area contributed by atoms with Crippen molar-refractivity contribution in [2.45, 2.75) is 159 Å². The monoisotopic (exact) mass is 1040 g/mol. The molecule has 0 aliphatic heterocycles. The van der Waals surface area contributed by atoms with Gasteiger partial charge in [0.1, 0.15) is 5.75 Å². The molecule has 3 aliphatic carbocycles. The Balaban J connectivity index is 1.17. The second-order valence-corrected chi connectivity index (χ2v) is 24.1. The summed E-state index contributed by atoms with van der Waals surface area (Å²) < 4.78 is 157. The number of aliphatic hydroxyl groups is 1. The standard InChI is InChI=1S/C47H73F9N3O6PS2/c1-8-59(33(2)3)66(64-25-11-22-57)65-32-34(31-60)12-9-10-29-67-68-42(4,5)21-26-61-36-14-16-37-35(30-36)13-15-39-38(37)19-20-43(6)40(39)17-18-41(43)62-27-23-58(7)24-28-63-44(45(48,49)50,46(51,52)53)47(54,55)56/h14,16,30,33-34,38-41,60H,8-13,15,17-21,23-29,31-32H2,1-7H3/t34?,38?,39?,40?,41-,43-,66?/m0/s1/i60D. The van der Waals surface area contributed by atoms with E-state index in [-0.39, 0.29) is 48.0 Å². The fourth-order valence-corrected chi connectivity index (χ4v) is 14.3. The van der Waals surface area contributed by atoms with E-state index in [9.17, 15) is 39.5 Å². The Morgan fingerprint density at radius 3 is 2.31 bits per heavy atom. The summed E-state index contributed by atoms with van der Waals surface area (Å²) in [7, 11) is 3.81. The summed E-state index contributed by atoms with van der Waals surface area (Å²) in [6, 6.07) is 8.85. The van der Waals surface area contributed by atoms with E-state index in [2.05, 4.69) is 75.2 Å². The number of aryl methyl sites for hydroxylation is 1. The summed E-state index contributed by atoms with van der Waals surface area (Å²) in [6.45, 7) is 13.5. The van der Waals surface area contributed by atoms with Crippen molar-refractivity contribution in [3.8, 4) is 11.8 Å². The number of alkyl halides is 9. The van der Waals surface area contributed by atoms with Crippen LogP contribution >= 0.6 is 30.1 Å². The second-order valence-electron chi connectivity index (χ2n) is 19.5. The van der Waals surface area contributed by atoms with Crippen LogP contribution in [0.4, 0.5) is 39.5 Å². The summed E-state index contributed by atoms with van der Waals surface area (Å²) in [5.74, 6) is 3.24. The highest BCUT2D eigenvalue weighted by atomic mass is 33.1. The van der Waals surface area contributed by atoms with Gasteiger partial charge < -0.3 is 33.3 Å². The van der Waals surface area contributed by atoms with Gasteiger partial charge >= 0.3 is 24.1 Å². The van der Waals surface area contributed by atoms with Crippen LogP contribution in [0.25, 0.3) is 0 Å². The fourth-order valence-electron chi connectivity index (χ4n) is 10.1.